The lowest BCUT2D eigenvalue weighted by Gasteiger charge is -2.22. The molecule has 2 fully saturated rings. The summed E-state index contributed by atoms with van der Waals surface area (Å²) in [6.07, 6.45) is 0. The number of non-ortho nitro benzene ring substituents is 1. The molecule has 9 heteroatoms. The SMILES string of the molecule is O=[N+]([O-])c1cccc(N2C(=S)N[C@@H]3CS(=O)(=O)C[C@H]32)c1. The second-order valence-electron chi connectivity index (χ2n) is 4.85. The van der Waals surface area contributed by atoms with Crippen LogP contribution in [0, 0.1) is 10.1 Å². The molecule has 2 aliphatic rings. The minimum Gasteiger partial charge on any atom is -0.356 e. The van der Waals surface area contributed by atoms with Crippen molar-refractivity contribution in [3.05, 3.63) is 34.4 Å². The van der Waals surface area contributed by atoms with Crippen LogP contribution in [0.3, 0.4) is 0 Å². The zero-order valence-corrected chi connectivity index (χ0v) is 11.9. The molecule has 0 amide bonds. The second kappa shape index (κ2) is 4.38. The minimum atomic E-state index is -3.09. The van der Waals surface area contributed by atoms with E-state index in [2.05, 4.69) is 5.32 Å². The van der Waals surface area contributed by atoms with Gasteiger partial charge in [0.1, 0.15) is 0 Å². The average Bonchev–Trinajstić information content (AvgIpc) is 2.79. The number of anilines is 1. The van der Waals surface area contributed by atoms with E-state index in [-0.39, 0.29) is 29.3 Å². The maximum atomic E-state index is 11.7. The Balaban J connectivity index is 1.99. The number of fused-ring (bicyclic) bond motifs is 1. The largest absolute Gasteiger partial charge is 0.356 e. The zero-order valence-electron chi connectivity index (χ0n) is 10.2. The number of nitrogens with one attached hydrogen (secondary N) is 1. The van der Waals surface area contributed by atoms with Crippen molar-refractivity contribution in [2.45, 2.75) is 12.1 Å². The van der Waals surface area contributed by atoms with E-state index in [1.54, 1.807) is 17.0 Å². The summed E-state index contributed by atoms with van der Waals surface area (Å²) in [5, 5.41) is 14.2. The summed E-state index contributed by atoms with van der Waals surface area (Å²) < 4.78 is 23.4. The van der Waals surface area contributed by atoms with Gasteiger partial charge in [0.15, 0.2) is 14.9 Å². The Hall–Kier alpha value is -1.74. The van der Waals surface area contributed by atoms with Crippen molar-refractivity contribution in [2.75, 3.05) is 16.4 Å². The van der Waals surface area contributed by atoms with Gasteiger partial charge in [-0.25, -0.2) is 8.42 Å². The smallest absolute Gasteiger partial charge is 0.271 e. The fourth-order valence-electron chi connectivity index (χ4n) is 2.67. The van der Waals surface area contributed by atoms with Crippen molar-refractivity contribution >= 4 is 38.5 Å². The predicted molar refractivity (Wildman–Crippen MR) is 77.5 cm³/mol. The molecule has 0 spiro atoms. The molecule has 1 aromatic rings. The van der Waals surface area contributed by atoms with Crippen molar-refractivity contribution in [2.24, 2.45) is 0 Å². The highest BCUT2D eigenvalue weighted by molar-refractivity contribution is 7.91. The van der Waals surface area contributed by atoms with Crippen LogP contribution in [0.25, 0.3) is 0 Å². The fourth-order valence-corrected chi connectivity index (χ4v) is 4.95. The van der Waals surface area contributed by atoms with Crippen LogP contribution in [0.5, 0.6) is 0 Å². The fraction of sp³-hybridized carbons (Fsp3) is 0.364. The van der Waals surface area contributed by atoms with Gasteiger partial charge >= 0.3 is 0 Å². The van der Waals surface area contributed by atoms with Gasteiger partial charge < -0.3 is 10.2 Å². The molecule has 2 atom stereocenters. The number of hydrogen-bond donors (Lipinski definition) is 1. The van der Waals surface area contributed by atoms with Crippen LogP contribution in [0.15, 0.2) is 24.3 Å². The Bertz CT molecular complexity index is 703. The third-order valence-electron chi connectivity index (χ3n) is 3.50. The lowest BCUT2D eigenvalue weighted by Crippen LogP contribution is -2.36. The van der Waals surface area contributed by atoms with Crippen molar-refractivity contribution in [1.29, 1.82) is 0 Å². The molecule has 0 unspecified atom stereocenters. The molecule has 106 valence electrons. The molecule has 2 heterocycles. The van der Waals surface area contributed by atoms with Gasteiger partial charge in [-0.3, -0.25) is 10.1 Å². The topological polar surface area (TPSA) is 92.6 Å². The summed E-state index contributed by atoms with van der Waals surface area (Å²) in [5.41, 5.74) is 0.496. The lowest BCUT2D eigenvalue weighted by molar-refractivity contribution is -0.384. The Morgan fingerprint density at radius 2 is 2.15 bits per heavy atom. The van der Waals surface area contributed by atoms with E-state index in [1.807, 2.05) is 0 Å². The van der Waals surface area contributed by atoms with Gasteiger partial charge in [-0.2, -0.15) is 0 Å². The summed E-state index contributed by atoms with van der Waals surface area (Å²) in [7, 11) is -3.09. The second-order valence-corrected chi connectivity index (χ2v) is 7.39. The molecule has 0 aliphatic carbocycles. The van der Waals surface area contributed by atoms with Crippen LogP contribution in [-0.4, -0.2) is 42.0 Å². The molecule has 2 saturated heterocycles. The molecule has 2 aliphatic heterocycles. The van der Waals surface area contributed by atoms with E-state index in [9.17, 15) is 18.5 Å². The third-order valence-corrected chi connectivity index (χ3v) is 5.53. The minimum absolute atomic E-state index is 0.00744. The summed E-state index contributed by atoms with van der Waals surface area (Å²) >= 11 is 5.21. The number of sulfone groups is 1. The average molecular weight is 313 g/mol. The number of thiocarbonyl (C=S) groups is 1. The lowest BCUT2D eigenvalue weighted by atomic mass is 10.1. The van der Waals surface area contributed by atoms with E-state index >= 15 is 0 Å². The number of nitro groups is 1. The molecule has 0 aromatic heterocycles. The number of nitro benzene ring substituents is 1. The maximum absolute atomic E-state index is 11.7. The van der Waals surface area contributed by atoms with E-state index in [0.717, 1.165) is 0 Å². The molecule has 1 aromatic carbocycles. The highest BCUT2D eigenvalue weighted by Crippen LogP contribution is 2.31. The molecule has 0 bridgehead atoms. The first-order chi connectivity index (χ1) is 9.37. The molecular formula is C11H11N3O4S2. The summed E-state index contributed by atoms with van der Waals surface area (Å²) in [6.45, 7) is 0. The predicted octanol–water partition coefficient (Wildman–Crippen LogP) is 0.455. The first-order valence-electron chi connectivity index (χ1n) is 5.92. The first-order valence-corrected chi connectivity index (χ1v) is 8.15. The zero-order chi connectivity index (χ0) is 14.5. The summed E-state index contributed by atoms with van der Waals surface area (Å²) in [5.74, 6) is 0.0523. The molecular weight excluding hydrogens is 302 g/mol. The maximum Gasteiger partial charge on any atom is 0.271 e. The number of benzene rings is 1. The Morgan fingerprint density at radius 1 is 1.40 bits per heavy atom. The normalized spacial score (nSPS) is 27.2. The van der Waals surface area contributed by atoms with Crippen molar-refractivity contribution in [1.82, 2.24) is 5.32 Å². The van der Waals surface area contributed by atoms with Gasteiger partial charge in [-0.05, 0) is 18.3 Å². The molecule has 3 rings (SSSR count). The Labute approximate surface area is 120 Å². The van der Waals surface area contributed by atoms with Crippen LogP contribution < -0.4 is 10.2 Å². The first kappa shape index (κ1) is 13.3. The summed E-state index contributed by atoms with van der Waals surface area (Å²) in [4.78, 5) is 12.0. The van der Waals surface area contributed by atoms with Gasteiger partial charge in [0.25, 0.3) is 5.69 Å². The van der Waals surface area contributed by atoms with Crippen LogP contribution in [-0.2, 0) is 9.84 Å². The number of nitrogens with zero attached hydrogens (tertiary/aromatic N) is 2. The van der Waals surface area contributed by atoms with E-state index < -0.39 is 14.8 Å². The quantitative estimate of drug-likeness (QED) is 0.481. The van der Waals surface area contributed by atoms with Crippen molar-refractivity contribution in [3.8, 4) is 0 Å². The van der Waals surface area contributed by atoms with Crippen molar-refractivity contribution in [3.63, 3.8) is 0 Å². The standard InChI is InChI=1S/C11H11N3O4S2/c15-14(16)8-3-1-2-7(4-8)13-10-6-20(17,18)5-9(10)12-11(13)19/h1-4,9-10H,5-6H2,(H,12,19)/t9-,10-/m1/s1. The van der Waals surface area contributed by atoms with Gasteiger partial charge in [-0.1, -0.05) is 6.07 Å². The Kier molecular flexibility index (Phi) is 2.91. The van der Waals surface area contributed by atoms with E-state index in [0.29, 0.717) is 10.8 Å². The van der Waals surface area contributed by atoms with Gasteiger partial charge in [0.05, 0.1) is 34.2 Å². The van der Waals surface area contributed by atoms with Gasteiger partial charge in [-0.15, -0.1) is 0 Å². The third kappa shape index (κ3) is 2.12. The molecule has 0 saturated carbocycles. The Morgan fingerprint density at radius 3 is 2.85 bits per heavy atom. The highest BCUT2D eigenvalue weighted by Gasteiger charge is 2.47. The van der Waals surface area contributed by atoms with Crippen LogP contribution >= 0.6 is 12.2 Å². The van der Waals surface area contributed by atoms with Crippen LogP contribution in [0.1, 0.15) is 0 Å². The molecule has 1 N–H and O–H groups in total. The number of rotatable bonds is 2. The van der Waals surface area contributed by atoms with Crippen LogP contribution in [0.4, 0.5) is 11.4 Å². The molecule has 7 nitrogen and oxygen atoms in total. The monoisotopic (exact) mass is 313 g/mol. The number of hydrogen-bond acceptors (Lipinski definition) is 5. The van der Waals surface area contributed by atoms with Gasteiger partial charge in [0, 0.05) is 12.1 Å². The van der Waals surface area contributed by atoms with E-state index in [4.69, 9.17) is 12.2 Å². The van der Waals surface area contributed by atoms with Gasteiger partial charge in [0.2, 0.25) is 0 Å². The highest BCUT2D eigenvalue weighted by atomic mass is 32.2. The van der Waals surface area contributed by atoms with Crippen molar-refractivity contribution < 1.29 is 13.3 Å². The molecule has 0 radical (unpaired) electrons. The molecule has 20 heavy (non-hydrogen) atoms. The summed E-state index contributed by atoms with van der Waals surface area (Å²) in [6, 6.07) is 5.50. The van der Waals surface area contributed by atoms with E-state index in [1.165, 1.54) is 12.1 Å². The van der Waals surface area contributed by atoms with Crippen LogP contribution in [0.2, 0.25) is 0 Å².